The van der Waals surface area contributed by atoms with Crippen molar-refractivity contribution in [1.82, 2.24) is 0 Å². The predicted octanol–water partition coefficient (Wildman–Crippen LogP) is 1.84. The third-order valence-corrected chi connectivity index (χ3v) is 0.391. The molecule has 0 radical (unpaired) electrons. The molecule has 0 aromatic heterocycles. The van der Waals surface area contributed by atoms with Gasteiger partial charge in [0.25, 0.3) is 0 Å². The van der Waals surface area contributed by atoms with Gasteiger partial charge in [-0.3, -0.25) is 0 Å². The zero-order valence-electron chi connectivity index (χ0n) is 4.32. The number of rotatable bonds is 2. The van der Waals surface area contributed by atoms with Gasteiger partial charge in [-0.05, 0) is 6.92 Å². The largest absolute Gasteiger partial charge is 0.380 e. The van der Waals surface area contributed by atoms with Gasteiger partial charge in [0, 0.05) is 7.11 Å². The molecular weight excluding hydrogens is 88.1 g/mol. The monoisotopic (exact) mass is 102 g/mol. The summed E-state index contributed by atoms with van der Waals surface area (Å²) in [6.07, 6.45) is 0. The Balaban J connectivity index is 0. The first-order valence-electron chi connectivity index (χ1n) is 1.90. The molecule has 0 heterocycles. The number of ether oxygens (including phenoxy) is 1. The van der Waals surface area contributed by atoms with Crippen LogP contribution in [-0.2, 0) is 4.74 Å². The summed E-state index contributed by atoms with van der Waals surface area (Å²) in [5, 5.41) is 0. The molecule has 0 atom stereocenters. The van der Waals surface area contributed by atoms with Crippen LogP contribution in [0.4, 0.5) is 0 Å². The Morgan fingerprint density at radius 3 is 2.14 bits per heavy atom. The van der Waals surface area contributed by atoms with Crippen LogP contribution in [0.5, 0.6) is 0 Å². The van der Waals surface area contributed by atoms with Gasteiger partial charge in [-0.1, -0.05) is 19.6 Å². The van der Waals surface area contributed by atoms with E-state index in [1.54, 1.807) is 7.11 Å². The highest BCUT2D eigenvalue weighted by Crippen LogP contribution is 1.82. The second-order valence-electron chi connectivity index (χ2n) is 1.39. The quantitative estimate of drug-likeness (QED) is 0.483. The summed E-state index contributed by atoms with van der Waals surface area (Å²) in [6.45, 7) is 6.23. The Hall–Kier alpha value is -0.300. The van der Waals surface area contributed by atoms with Crippen LogP contribution >= 0.6 is 0 Å². The summed E-state index contributed by atoms with van der Waals surface area (Å²) >= 11 is 0. The summed E-state index contributed by atoms with van der Waals surface area (Å²) in [5.41, 5.74) is 1.07. The standard InChI is InChI=1S/C5H10O.CH4/c1-5(2)4-6-3;/h1,4H2,2-3H3;1H4. The van der Waals surface area contributed by atoms with Gasteiger partial charge in [-0.2, -0.15) is 0 Å². The normalized spacial score (nSPS) is 7.14. The molecule has 0 amide bonds. The third kappa shape index (κ3) is 10.7. The van der Waals surface area contributed by atoms with Crippen LogP contribution < -0.4 is 0 Å². The molecule has 1 heteroatoms. The second kappa shape index (κ2) is 5.70. The third-order valence-electron chi connectivity index (χ3n) is 0.391. The second-order valence-corrected chi connectivity index (χ2v) is 1.39. The maximum Gasteiger partial charge on any atom is 0.0667 e. The zero-order valence-corrected chi connectivity index (χ0v) is 4.32. The van der Waals surface area contributed by atoms with Crippen molar-refractivity contribution < 1.29 is 4.74 Å². The van der Waals surface area contributed by atoms with Gasteiger partial charge < -0.3 is 4.74 Å². The molecule has 0 bridgehead atoms. The van der Waals surface area contributed by atoms with E-state index >= 15 is 0 Å². The highest BCUT2D eigenvalue weighted by molar-refractivity contribution is 4.86. The maximum absolute atomic E-state index is 4.70. The van der Waals surface area contributed by atoms with Gasteiger partial charge in [0.15, 0.2) is 0 Å². The van der Waals surface area contributed by atoms with Crippen LogP contribution in [0, 0.1) is 0 Å². The van der Waals surface area contributed by atoms with Crippen molar-refractivity contribution in [2.24, 2.45) is 0 Å². The van der Waals surface area contributed by atoms with Crippen molar-refractivity contribution in [2.45, 2.75) is 14.4 Å². The van der Waals surface area contributed by atoms with Crippen molar-refractivity contribution in [3.05, 3.63) is 12.2 Å². The van der Waals surface area contributed by atoms with Crippen LogP contribution in [0.25, 0.3) is 0 Å². The fourth-order valence-electron chi connectivity index (χ4n) is 0.246. The molecule has 0 aromatic carbocycles. The molecule has 0 spiro atoms. The predicted molar refractivity (Wildman–Crippen MR) is 33.4 cm³/mol. The first-order valence-corrected chi connectivity index (χ1v) is 1.90. The van der Waals surface area contributed by atoms with E-state index in [-0.39, 0.29) is 7.43 Å². The molecule has 0 saturated carbocycles. The Morgan fingerprint density at radius 1 is 1.71 bits per heavy atom. The van der Waals surface area contributed by atoms with Gasteiger partial charge in [-0.25, -0.2) is 0 Å². The van der Waals surface area contributed by atoms with Crippen LogP contribution in [0.3, 0.4) is 0 Å². The van der Waals surface area contributed by atoms with E-state index in [1.807, 2.05) is 6.92 Å². The van der Waals surface area contributed by atoms with Crippen molar-refractivity contribution in [3.8, 4) is 0 Å². The van der Waals surface area contributed by atoms with Gasteiger partial charge in [0.1, 0.15) is 0 Å². The number of methoxy groups -OCH3 is 1. The average Bonchev–Trinajstić information content (AvgIpc) is 1.35. The lowest BCUT2D eigenvalue weighted by molar-refractivity contribution is 0.226. The van der Waals surface area contributed by atoms with Crippen LogP contribution in [0.15, 0.2) is 12.2 Å². The fraction of sp³-hybridized carbons (Fsp3) is 0.667. The molecule has 0 aliphatic rings. The highest BCUT2D eigenvalue weighted by Gasteiger charge is 1.75. The summed E-state index contributed by atoms with van der Waals surface area (Å²) in [7, 11) is 1.66. The van der Waals surface area contributed by atoms with Gasteiger partial charge in [-0.15, -0.1) is 0 Å². The summed E-state index contributed by atoms with van der Waals surface area (Å²) in [5.74, 6) is 0. The lowest BCUT2D eigenvalue weighted by Crippen LogP contribution is -1.85. The Labute approximate surface area is 46.0 Å². The minimum atomic E-state index is 0. The molecule has 0 rings (SSSR count). The molecule has 0 saturated heterocycles. The van der Waals surface area contributed by atoms with Crippen LogP contribution in [-0.4, -0.2) is 13.7 Å². The van der Waals surface area contributed by atoms with Crippen molar-refractivity contribution in [2.75, 3.05) is 13.7 Å². The molecule has 0 aliphatic heterocycles. The Morgan fingerprint density at radius 2 is 2.14 bits per heavy atom. The van der Waals surface area contributed by atoms with Gasteiger partial charge >= 0.3 is 0 Å². The summed E-state index contributed by atoms with van der Waals surface area (Å²) in [6, 6.07) is 0. The molecular formula is C6H14O. The van der Waals surface area contributed by atoms with E-state index in [9.17, 15) is 0 Å². The van der Waals surface area contributed by atoms with E-state index in [2.05, 4.69) is 6.58 Å². The summed E-state index contributed by atoms with van der Waals surface area (Å²) in [4.78, 5) is 0. The first-order chi connectivity index (χ1) is 2.77. The number of hydrogen-bond acceptors (Lipinski definition) is 1. The van der Waals surface area contributed by atoms with E-state index in [1.165, 1.54) is 0 Å². The van der Waals surface area contributed by atoms with Crippen molar-refractivity contribution >= 4 is 0 Å². The van der Waals surface area contributed by atoms with E-state index < -0.39 is 0 Å². The fourth-order valence-corrected chi connectivity index (χ4v) is 0.246. The molecule has 0 N–H and O–H groups in total. The van der Waals surface area contributed by atoms with Crippen LogP contribution in [0.1, 0.15) is 14.4 Å². The molecule has 1 nitrogen and oxygen atoms in total. The number of hydrogen-bond donors (Lipinski definition) is 0. The highest BCUT2D eigenvalue weighted by atomic mass is 16.5. The zero-order chi connectivity index (χ0) is 4.99. The minimum absolute atomic E-state index is 0. The smallest absolute Gasteiger partial charge is 0.0667 e. The molecule has 0 fully saturated rings. The average molecular weight is 102 g/mol. The van der Waals surface area contributed by atoms with E-state index in [4.69, 9.17) is 4.74 Å². The lowest BCUT2D eigenvalue weighted by Gasteiger charge is -1.90. The molecule has 0 unspecified atom stereocenters. The minimum Gasteiger partial charge on any atom is -0.380 e. The van der Waals surface area contributed by atoms with E-state index in [0.717, 1.165) is 5.57 Å². The first kappa shape index (κ1) is 9.85. The molecule has 44 valence electrons. The lowest BCUT2D eigenvalue weighted by atomic mass is 10.4. The molecule has 0 aromatic rings. The van der Waals surface area contributed by atoms with Gasteiger partial charge in [0.2, 0.25) is 0 Å². The molecule has 7 heavy (non-hydrogen) atoms. The maximum atomic E-state index is 4.70. The van der Waals surface area contributed by atoms with Crippen molar-refractivity contribution in [1.29, 1.82) is 0 Å². The molecule has 0 aliphatic carbocycles. The van der Waals surface area contributed by atoms with Crippen molar-refractivity contribution in [3.63, 3.8) is 0 Å². The Kier molecular flexibility index (Phi) is 8.02. The SMILES string of the molecule is C.C=C(C)COC. The summed E-state index contributed by atoms with van der Waals surface area (Å²) < 4.78 is 4.70. The topological polar surface area (TPSA) is 9.23 Å². The Bertz CT molecular complexity index is 48.1. The van der Waals surface area contributed by atoms with E-state index in [0.29, 0.717) is 6.61 Å². The van der Waals surface area contributed by atoms with Gasteiger partial charge in [0.05, 0.1) is 6.61 Å². The van der Waals surface area contributed by atoms with Crippen LogP contribution in [0.2, 0.25) is 0 Å².